The van der Waals surface area contributed by atoms with Crippen LogP contribution in [0.4, 0.5) is 8.78 Å². The Balaban J connectivity index is 1.41. The van der Waals surface area contributed by atoms with Crippen molar-refractivity contribution in [2.45, 2.75) is 38.3 Å². The van der Waals surface area contributed by atoms with Gasteiger partial charge in [-0.2, -0.15) is 0 Å². The molecule has 160 valence electrons. The quantitative estimate of drug-likeness (QED) is 0.715. The Morgan fingerprint density at radius 3 is 2.63 bits per heavy atom. The van der Waals surface area contributed by atoms with Crippen LogP contribution in [0.25, 0.3) is 0 Å². The maximum atomic E-state index is 14.3. The van der Waals surface area contributed by atoms with Crippen LogP contribution >= 0.6 is 0 Å². The second-order valence-corrected chi connectivity index (χ2v) is 8.11. The molecule has 0 saturated carbocycles. The molecule has 1 saturated heterocycles. The smallest absolute Gasteiger partial charge is 0.257 e. The molecule has 30 heavy (non-hydrogen) atoms. The van der Waals surface area contributed by atoms with Gasteiger partial charge in [-0.3, -0.25) is 9.69 Å². The lowest BCUT2D eigenvalue weighted by molar-refractivity contribution is 0.0276. The van der Waals surface area contributed by atoms with Gasteiger partial charge >= 0.3 is 0 Å². The summed E-state index contributed by atoms with van der Waals surface area (Å²) in [6.45, 7) is 4.57. The molecule has 0 spiro atoms. The molecule has 2 aliphatic heterocycles. The van der Waals surface area contributed by atoms with Crippen LogP contribution in [-0.2, 0) is 17.7 Å². The highest BCUT2D eigenvalue weighted by atomic mass is 19.1. The Hall–Kier alpha value is -2.31. The average molecular weight is 414 g/mol. The predicted octanol–water partition coefficient (Wildman–Crippen LogP) is 4.03. The van der Waals surface area contributed by atoms with Crippen LogP contribution in [0.15, 0.2) is 42.5 Å². The Labute approximate surface area is 176 Å². The largest absolute Gasteiger partial charge is 0.381 e. The number of carbonyl (C=O) groups is 1. The summed E-state index contributed by atoms with van der Waals surface area (Å²) in [6, 6.07) is 11.7. The molecule has 4 rings (SSSR count). The first-order chi connectivity index (χ1) is 14.6. The molecule has 1 fully saturated rings. The number of rotatable bonds is 6. The topological polar surface area (TPSA) is 32.8 Å². The fourth-order valence-corrected chi connectivity index (χ4v) is 4.47. The number of carbonyl (C=O) groups excluding carboxylic acids is 1. The number of hydrogen-bond donors (Lipinski definition) is 0. The molecule has 0 atom stereocenters. The summed E-state index contributed by atoms with van der Waals surface area (Å²) in [5.74, 6) is -1.83. The molecule has 0 bridgehead atoms. The van der Waals surface area contributed by atoms with Crippen LogP contribution in [-0.4, -0.2) is 54.6 Å². The Bertz CT molecular complexity index is 883. The molecule has 0 aliphatic carbocycles. The van der Waals surface area contributed by atoms with E-state index in [1.54, 1.807) is 4.90 Å². The van der Waals surface area contributed by atoms with Gasteiger partial charge in [0.05, 0.1) is 5.56 Å². The minimum absolute atomic E-state index is 0.0257. The number of amides is 1. The molecule has 2 heterocycles. The van der Waals surface area contributed by atoms with Gasteiger partial charge in [-0.15, -0.1) is 0 Å². The van der Waals surface area contributed by atoms with Crippen LogP contribution in [0.2, 0.25) is 0 Å². The molecule has 2 aliphatic rings. The number of nitrogens with zero attached hydrogens (tertiary/aromatic N) is 2. The third kappa shape index (κ3) is 4.87. The van der Waals surface area contributed by atoms with Gasteiger partial charge < -0.3 is 9.64 Å². The van der Waals surface area contributed by atoms with Gasteiger partial charge in [0, 0.05) is 51.5 Å². The zero-order valence-electron chi connectivity index (χ0n) is 17.2. The number of benzene rings is 2. The number of fused-ring (bicyclic) bond motifs is 1. The first-order valence-corrected chi connectivity index (χ1v) is 10.7. The van der Waals surface area contributed by atoms with E-state index < -0.39 is 11.6 Å². The fourth-order valence-electron chi connectivity index (χ4n) is 4.47. The molecule has 2 aromatic carbocycles. The molecule has 6 heteroatoms. The maximum absolute atomic E-state index is 14.3. The molecule has 0 unspecified atom stereocenters. The van der Waals surface area contributed by atoms with Crippen molar-refractivity contribution in [3.05, 3.63) is 70.8 Å². The van der Waals surface area contributed by atoms with Gasteiger partial charge in [-0.1, -0.05) is 24.3 Å². The van der Waals surface area contributed by atoms with E-state index in [0.717, 1.165) is 57.5 Å². The zero-order chi connectivity index (χ0) is 20.9. The Morgan fingerprint density at radius 2 is 1.87 bits per heavy atom. The SMILES string of the molecule is O=C(c1ccc(F)cc1F)N(CCCN1CCc2ccccc2C1)C1CCOCC1. The van der Waals surface area contributed by atoms with Gasteiger partial charge in [0.2, 0.25) is 0 Å². The lowest BCUT2D eigenvalue weighted by Crippen LogP contribution is -2.45. The standard InChI is InChI=1S/C24H28F2N2O2/c25-20-6-7-22(23(26)16-20)24(29)28(21-9-14-30-15-10-21)12-3-11-27-13-8-18-4-1-2-5-19(18)17-27/h1-2,4-7,16,21H,3,8-15,17H2. The highest BCUT2D eigenvalue weighted by Crippen LogP contribution is 2.22. The molecular formula is C24H28F2N2O2. The molecular weight excluding hydrogens is 386 g/mol. The van der Waals surface area contributed by atoms with Crippen molar-refractivity contribution in [3.8, 4) is 0 Å². The average Bonchev–Trinajstić information content (AvgIpc) is 2.77. The summed E-state index contributed by atoms with van der Waals surface area (Å²) in [7, 11) is 0. The van der Waals surface area contributed by atoms with Gasteiger partial charge in [0.25, 0.3) is 5.91 Å². The van der Waals surface area contributed by atoms with Crippen molar-refractivity contribution < 1.29 is 18.3 Å². The van der Waals surface area contributed by atoms with Crippen molar-refractivity contribution >= 4 is 5.91 Å². The second kappa shape index (κ2) is 9.67. The summed E-state index contributed by atoms with van der Waals surface area (Å²) in [6.07, 6.45) is 3.34. The predicted molar refractivity (Wildman–Crippen MR) is 111 cm³/mol. The van der Waals surface area contributed by atoms with Crippen molar-refractivity contribution in [2.24, 2.45) is 0 Å². The van der Waals surface area contributed by atoms with E-state index in [4.69, 9.17) is 4.74 Å². The van der Waals surface area contributed by atoms with E-state index in [-0.39, 0.29) is 17.5 Å². The van der Waals surface area contributed by atoms with E-state index in [1.807, 2.05) is 0 Å². The summed E-state index contributed by atoms with van der Waals surface area (Å²) in [5, 5.41) is 0. The number of hydrogen-bond acceptors (Lipinski definition) is 3. The van der Waals surface area contributed by atoms with Crippen molar-refractivity contribution in [1.29, 1.82) is 0 Å². The van der Waals surface area contributed by atoms with E-state index in [0.29, 0.717) is 19.8 Å². The van der Waals surface area contributed by atoms with Gasteiger partial charge in [-0.05, 0) is 48.9 Å². The van der Waals surface area contributed by atoms with Crippen LogP contribution in [0.3, 0.4) is 0 Å². The van der Waals surface area contributed by atoms with E-state index in [1.165, 1.54) is 17.2 Å². The fraction of sp³-hybridized carbons (Fsp3) is 0.458. The van der Waals surface area contributed by atoms with E-state index >= 15 is 0 Å². The van der Waals surface area contributed by atoms with Gasteiger partial charge in [0.1, 0.15) is 11.6 Å². The minimum atomic E-state index is -0.801. The third-order valence-corrected chi connectivity index (χ3v) is 6.14. The zero-order valence-corrected chi connectivity index (χ0v) is 17.2. The molecule has 2 aromatic rings. The normalized spacial score (nSPS) is 17.5. The van der Waals surface area contributed by atoms with Crippen molar-refractivity contribution in [1.82, 2.24) is 9.80 Å². The van der Waals surface area contributed by atoms with Crippen molar-refractivity contribution in [3.63, 3.8) is 0 Å². The lowest BCUT2D eigenvalue weighted by atomic mass is 10.00. The number of ether oxygens (including phenoxy) is 1. The highest BCUT2D eigenvalue weighted by Gasteiger charge is 2.28. The van der Waals surface area contributed by atoms with Gasteiger partial charge in [-0.25, -0.2) is 8.78 Å². The number of halogens is 2. The van der Waals surface area contributed by atoms with Crippen molar-refractivity contribution in [2.75, 3.05) is 32.8 Å². The molecule has 0 N–H and O–H groups in total. The summed E-state index contributed by atoms with van der Waals surface area (Å²) in [4.78, 5) is 17.3. The van der Waals surface area contributed by atoms with Crippen LogP contribution in [0.5, 0.6) is 0 Å². The molecule has 1 amide bonds. The third-order valence-electron chi connectivity index (χ3n) is 6.14. The monoisotopic (exact) mass is 414 g/mol. The summed E-state index contributed by atoms with van der Waals surface area (Å²) < 4.78 is 33.0. The first-order valence-electron chi connectivity index (χ1n) is 10.7. The van der Waals surface area contributed by atoms with Gasteiger partial charge in [0.15, 0.2) is 0 Å². The summed E-state index contributed by atoms with van der Waals surface area (Å²) >= 11 is 0. The molecule has 0 aromatic heterocycles. The van der Waals surface area contributed by atoms with Crippen LogP contribution < -0.4 is 0 Å². The van der Waals surface area contributed by atoms with E-state index in [2.05, 4.69) is 29.2 Å². The Kier molecular flexibility index (Phi) is 6.75. The lowest BCUT2D eigenvalue weighted by Gasteiger charge is -2.35. The minimum Gasteiger partial charge on any atom is -0.381 e. The molecule has 4 nitrogen and oxygen atoms in total. The van der Waals surface area contributed by atoms with Crippen LogP contribution in [0.1, 0.15) is 40.7 Å². The second-order valence-electron chi connectivity index (χ2n) is 8.11. The maximum Gasteiger partial charge on any atom is 0.257 e. The van der Waals surface area contributed by atoms with Crippen LogP contribution in [0, 0.1) is 11.6 Å². The highest BCUT2D eigenvalue weighted by molar-refractivity contribution is 5.94. The van der Waals surface area contributed by atoms with E-state index in [9.17, 15) is 13.6 Å². The molecule has 0 radical (unpaired) electrons. The summed E-state index contributed by atoms with van der Waals surface area (Å²) in [5.41, 5.74) is 2.73. The Morgan fingerprint density at radius 1 is 1.10 bits per heavy atom. The first kappa shape index (κ1) is 20.9.